The number of rotatable bonds is 6. The quantitative estimate of drug-likeness (QED) is 0.457. The number of hydrogen-bond acceptors (Lipinski definition) is 3. The molecule has 4 nitrogen and oxygen atoms in total. The van der Waals surface area contributed by atoms with Crippen LogP contribution in [0.3, 0.4) is 0 Å². The van der Waals surface area contributed by atoms with Gasteiger partial charge in [0.25, 0.3) is 0 Å². The summed E-state index contributed by atoms with van der Waals surface area (Å²) >= 11 is 6.55. The zero-order chi connectivity index (χ0) is 18.6. The van der Waals surface area contributed by atoms with Gasteiger partial charge >= 0.3 is 0 Å². The Labute approximate surface area is 162 Å². The van der Waals surface area contributed by atoms with Crippen LogP contribution in [0.25, 0.3) is 22.4 Å². The van der Waals surface area contributed by atoms with Crippen LogP contribution in [0.5, 0.6) is 11.5 Å². The average Bonchev–Trinajstić information content (AvgIpc) is 3.12. The third kappa shape index (κ3) is 3.76. The molecule has 0 atom stereocenters. The van der Waals surface area contributed by atoms with Gasteiger partial charge in [0.15, 0.2) is 11.5 Å². The molecular formula is C22H19ClN2O2. The molecule has 0 unspecified atom stereocenters. The molecule has 4 rings (SSSR count). The van der Waals surface area contributed by atoms with E-state index in [0.717, 1.165) is 22.2 Å². The molecule has 1 heterocycles. The highest BCUT2D eigenvalue weighted by Crippen LogP contribution is 2.38. The molecular weight excluding hydrogens is 360 g/mol. The van der Waals surface area contributed by atoms with Crippen molar-refractivity contribution in [2.45, 2.75) is 13.5 Å². The Morgan fingerprint density at radius 3 is 2.44 bits per heavy atom. The number of hydrogen-bond donors (Lipinski definition) is 1. The monoisotopic (exact) mass is 378 g/mol. The molecule has 0 aliphatic rings. The molecule has 1 aromatic heterocycles. The Bertz CT molecular complexity index is 1030. The molecule has 0 aliphatic heterocycles. The van der Waals surface area contributed by atoms with Gasteiger partial charge in [-0.15, -0.1) is 0 Å². The van der Waals surface area contributed by atoms with Crippen molar-refractivity contribution in [3.05, 3.63) is 77.3 Å². The van der Waals surface area contributed by atoms with Gasteiger partial charge in [0.2, 0.25) is 0 Å². The van der Waals surface area contributed by atoms with Crippen LogP contribution in [-0.2, 0) is 6.61 Å². The van der Waals surface area contributed by atoms with Gasteiger partial charge in [-0.1, -0.05) is 54.1 Å². The van der Waals surface area contributed by atoms with Gasteiger partial charge in [-0.2, -0.15) is 0 Å². The zero-order valence-electron chi connectivity index (χ0n) is 14.9. The van der Waals surface area contributed by atoms with Crippen molar-refractivity contribution in [1.82, 2.24) is 9.97 Å². The second-order valence-electron chi connectivity index (χ2n) is 6.09. The standard InChI is InChI=1S/C22H19ClN2O2/c1-2-26-20-12-16(22-24-18-10-6-7-11-19(18)25-22)17(23)13-21(20)27-14-15-8-4-3-5-9-15/h3-13H,2,14H2,1H3,(H,24,25). The Kier molecular flexibility index (Phi) is 4.99. The number of nitrogens with zero attached hydrogens (tertiary/aromatic N) is 1. The summed E-state index contributed by atoms with van der Waals surface area (Å²) in [5, 5.41) is 0.556. The summed E-state index contributed by atoms with van der Waals surface area (Å²) in [6, 6.07) is 21.5. The minimum Gasteiger partial charge on any atom is -0.490 e. The number of para-hydroxylation sites is 2. The Hall–Kier alpha value is -2.98. The highest BCUT2D eigenvalue weighted by atomic mass is 35.5. The number of nitrogens with one attached hydrogen (secondary N) is 1. The third-order valence-corrected chi connectivity index (χ3v) is 4.53. The first-order valence-electron chi connectivity index (χ1n) is 8.83. The predicted molar refractivity (Wildman–Crippen MR) is 108 cm³/mol. The fraction of sp³-hybridized carbons (Fsp3) is 0.136. The van der Waals surface area contributed by atoms with Crippen molar-refractivity contribution < 1.29 is 9.47 Å². The molecule has 0 spiro atoms. The van der Waals surface area contributed by atoms with E-state index in [1.807, 2.05) is 67.6 Å². The first-order valence-corrected chi connectivity index (χ1v) is 9.20. The number of aromatic amines is 1. The second-order valence-corrected chi connectivity index (χ2v) is 6.50. The van der Waals surface area contributed by atoms with E-state index < -0.39 is 0 Å². The van der Waals surface area contributed by atoms with Crippen LogP contribution in [0, 0.1) is 0 Å². The van der Waals surface area contributed by atoms with Gasteiger partial charge in [0.05, 0.1) is 22.7 Å². The number of benzene rings is 3. The maximum absolute atomic E-state index is 6.55. The van der Waals surface area contributed by atoms with Gasteiger partial charge in [0, 0.05) is 11.6 Å². The van der Waals surface area contributed by atoms with Gasteiger partial charge < -0.3 is 14.5 Å². The van der Waals surface area contributed by atoms with Crippen LogP contribution in [-0.4, -0.2) is 16.6 Å². The lowest BCUT2D eigenvalue weighted by Crippen LogP contribution is -2.00. The van der Waals surface area contributed by atoms with Crippen LogP contribution in [0.15, 0.2) is 66.7 Å². The van der Waals surface area contributed by atoms with E-state index in [2.05, 4.69) is 9.97 Å². The molecule has 3 aromatic carbocycles. The Morgan fingerprint density at radius 1 is 0.926 bits per heavy atom. The van der Waals surface area contributed by atoms with Crippen molar-refractivity contribution in [3.63, 3.8) is 0 Å². The van der Waals surface area contributed by atoms with Gasteiger partial charge in [-0.25, -0.2) is 4.98 Å². The van der Waals surface area contributed by atoms with Gasteiger partial charge in [-0.3, -0.25) is 0 Å². The average molecular weight is 379 g/mol. The van der Waals surface area contributed by atoms with E-state index in [1.54, 1.807) is 6.07 Å². The zero-order valence-corrected chi connectivity index (χ0v) is 15.7. The Morgan fingerprint density at radius 2 is 1.67 bits per heavy atom. The molecule has 136 valence electrons. The summed E-state index contributed by atoms with van der Waals surface area (Å²) in [4.78, 5) is 7.94. The lowest BCUT2D eigenvalue weighted by atomic mass is 10.2. The smallest absolute Gasteiger partial charge is 0.163 e. The molecule has 0 saturated carbocycles. The fourth-order valence-electron chi connectivity index (χ4n) is 2.91. The van der Waals surface area contributed by atoms with Crippen LogP contribution >= 0.6 is 11.6 Å². The summed E-state index contributed by atoms with van der Waals surface area (Å²) in [6.07, 6.45) is 0. The lowest BCUT2D eigenvalue weighted by Gasteiger charge is -2.14. The highest BCUT2D eigenvalue weighted by Gasteiger charge is 2.15. The first kappa shape index (κ1) is 17.4. The number of H-pyrrole nitrogens is 1. The summed E-state index contributed by atoms with van der Waals surface area (Å²) < 4.78 is 11.8. The normalized spacial score (nSPS) is 10.9. The summed E-state index contributed by atoms with van der Waals surface area (Å²) in [5.41, 5.74) is 3.72. The van der Waals surface area contributed by atoms with Crippen molar-refractivity contribution in [3.8, 4) is 22.9 Å². The number of aromatic nitrogens is 2. The SMILES string of the molecule is CCOc1cc(-c2nc3ccccc3[nH]2)c(Cl)cc1OCc1ccccc1. The maximum Gasteiger partial charge on any atom is 0.163 e. The van der Waals surface area contributed by atoms with E-state index in [0.29, 0.717) is 35.6 Å². The number of halogens is 1. The third-order valence-electron chi connectivity index (χ3n) is 4.21. The molecule has 1 N–H and O–H groups in total. The summed E-state index contributed by atoms with van der Waals surface area (Å²) in [5.74, 6) is 1.97. The van der Waals surface area contributed by atoms with Crippen molar-refractivity contribution in [2.75, 3.05) is 6.61 Å². The van der Waals surface area contributed by atoms with E-state index in [4.69, 9.17) is 21.1 Å². The molecule has 0 fully saturated rings. The topological polar surface area (TPSA) is 47.1 Å². The molecule has 0 radical (unpaired) electrons. The van der Waals surface area contributed by atoms with Crippen molar-refractivity contribution in [1.29, 1.82) is 0 Å². The fourth-order valence-corrected chi connectivity index (χ4v) is 3.16. The van der Waals surface area contributed by atoms with E-state index in [1.165, 1.54) is 0 Å². The van der Waals surface area contributed by atoms with Crippen LogP contribution in [0.4, 0.5) is 0 Å². The molecule has 0 saturated heterocycles. The lowest BCUT2D eigenvalue weighted by molar-refractivity contribution is 0.269. The molecule has 0 aliphatic carbocycles. The number of fused-ring (bicyclic) bond motifs is 1. The van der Waals surface area contributed by atoms with Crippen LogP contribution < -0.4 is 9.47 Å². The van der Waals surface area contributed by atoms with Crippen LogP contribution in [0.1, 0.15) is 12.5 Å². The van der Waals surface area contributed by atoms with Crippen LogP contribution in [0.2, 0.25) is 5.02 Å². The van der Waals surface area contributed by atoms with Gasteiger partial charge in [-0.05, 0) is 30.7 Å². The van der Waals surface area contributed by atoms with E-state index >= 15 is 0 Å². The molecule has 0 amide bonds. The predicted octanol–water partition coefficient (Wildman–Crippen LogP) is 5.86. The van der Waals surface area contributed by atoms with Crippen molar-refractivity contribution in [2.24, 2.45) is 0 Å². The largest absolute Gasteiger partial charge is 0.490 e. The Balaban J connectivity index is 1.68. The maximum atomic E-state index is 6.55. The van der Waals surface area contributed by atoms with Gasteiger partial charge in [0.1, 0.15) is 12.4 Å². The number of imidazole rings is 1. The van der Waals surface area contributed by atoms with E-state index in [9.17, 15) is 0 Å². The number of ether oxygens (including phenoxy) is 2. The second kappa shape index (κ2) is 7.72. The van der Waals surface area contributed by atoms with E-state index in [-0.39, 0.29) is 0 Å². The highest BCUT2D eigenvalue weighted by molar-refractivity contribution is 6.33. The molecule has 5 heteroatoms. The molecule has 4 aromatic rings. The first-order chi connectivity index (χ1) is 13.2. The minimum absolute atomic E-state index is 0.446. The summed E-state index contributed by atoms with van der Waals surface area (Å²) in [7, 11) is 0. The minimum atomic E-state index is 0.446. The molecule has 27 heavy (non-hydrogen) atoms. The van der Waals surface area contributed by atoms with Crippen molar-refractivity contribution >= 4 is 22.6 Å². The molecule has 0 bridgehead atoms. The summed E-state index contributed by atoms with van der Waals surface area (Å²) in [6.45, 7) is 2.92.